The Morgan fingerprint density at radius 2 is 2.05 bits per heavy atom. The van der Waals surface area contributed by atoms with Gasteiger partial charge in [-0.2, -0.15) is 4.31 Å². The minimum Gasteiger partial charge on any atom is -0.396 e. The SMILES string of the molecule is CC(C)N(CCCO)S(=O)(=O)c1ccc([N+](=O)[O-])c(N)c1. The molecule has 0 saturated carbocycles. The van der Waals surface area contributed by atoms with Crippen molar-refractivity contribution < 1.29 is 18.4 Å². The Morgan fingerprint density at radius 3 is 2.48 bits per heavy atom. The number of aliphatic hydroxyl groups is 1. The zero-order valence-electron chi connectivity index (χ0n) is 11.9. The first-order chi connectivity index (χ1) is 9.71. The number of hydrogen-bond acceptors (Lipinski definition) is 6. The van der Waals surface area contributed by atoms with Crippen molar-refractivity contribution in [3.63, 3.8) is 0 Å². The van der Waals surface area contributed by atoms with Gasteiger partial charge < -0.3 is 10.8 Å². The van der Waals surface area contributed by atoms with Crippen LogP contribution in [0.15, 0.2) is 23.1 Å². The van der Waals surface area contributed by atoms with Crippen molar-refractivity contribution in [1.29, 1.82) is 0 Å². The molecule has 0 amide bonds. The van der Waals surface area contributed by atoms with Gasteiger partial charge in [-0.3, -0.25) is 10.1 Å². The number of nitrogens with zero attached hydrogens (tertiary/aromatic N) is 2. The second-order valence-corrected chi connectivity index (χ2v) is 6.65. The molecule has 0 bridgehead atoms. The van der Waals surface area contributed by atoms with Crippen LogP contribution in [0.25, 0.3) is 0 Å². The second kappa shape index (κ2) is 6.83. The number of nitrogen functional groups attached to an aromatic ring is 1. The second-order valence-electron chi connectivity index (χ2n) is 4.76. The van der Waals surface area contributed by atoms with E-state index in [9.17, 15) is 18.5 Å². The molecule has 0 heterocycles. The molecule has 0 aliphatic heterocycles. The highest BCUT2D eigenvalue weighted by Crippen LogP contribution is 2.27. The van der Waals surface area contributed by atoms with Gasteiger partial charge in [0.05, 0.1) is 9.82 Å². The van der Waals surface area contributed by atoms with Crippen LogP contribution < -0.4 is 5.73 Å². The van der Waals surface area contributed by atoms with Crippen LogP contribution in [0, 0.1) is 10.1 Å². The van der Waals surface area contributed by atoms with E-state index < -0.39 is 14.9 Å². The smallest absolute Gasteiger partial charge is 0.292 e. The molecule has 0 radical (unpaired) electrons. The third-order valence-corrected chi connectivity index (χ3v) is 4.99. The Kier molecular flexibility index (Phi) is 5.64. The molecule has 21 heavy (non-hydrogen) atoms. The highest BCUT2D eigenvalue weighted by Gasteiger charge is 2.28. The quantitative estimate of drug-likeness (QED) is 0.438. The summed E-state index contributed by atoms with van der Waals surface area (Å²) in [5.74, 6) is 0. The van der Waals surface area contributed by atoms with Crippen molar-refractivity contribution in [3.8, 4) is 0 Å². The van der Waals surface area contributed by atoms with E-state index in [2.05, 4.69) is 0 Å². The molecule has 118 valence electrons. The summed E-state index contributed by atoms with van der Waals surface area (Å²) in [7, 11) is -3.82. The van der Waals surface area contributed by atoms with Crippen molar-refractivity contribution in [2.24, 2.45) is 0 Å². The number of nitro groups is 1. The minimum absolute atomic E-state index is 0.0998. The van der Waals surface area contributed by atoms with E-state index in [1.165, 1.54) is 4.31 Å². The molecule has 0 atom stereocenters. The van der Waals surface area contributed by atoms with Gasteiger partial charge in [0, 0.05) is 25.3 Å². The summed E-state index contributed by atoms with van der Waals surface area (Å²) in [6, 6.07) is 3.02. The topological polar surface area (TPSA) is 127 Å². The van der Waals surface area contributed by atoms with Crippen molar-refractivity contribution >= 4 is 21.4 Å². The van der Waals surface area contributed by atoms with Gasteiger partial charge >= 0.3 is 0 Å². The monoisotopic (exact) mass is 317 g/mol. The van der Waals surface area contributed by atoms with E-state index in [1.54, 1.807) is 13.8 Å². The molecule has 0 fully saturated rings. The number of benzene rings is 1. The predicted octanol–water partition coefficient (Wildman–Crippen LogP) is 0.959. The van der Waals surface area contributed by atoms with Crippen LogP contribution in [0.1, 0.15) is 20.3 Å². The molecule has 0 spiro atoms. The van der Waals surface area contributed by atoms with E-state index in [4.69, 9.17) is 10.8 Å². The molecule has 8 nitrogen and oxygen atoms in total. The maximum atomic E-state index is 12.5. The average Bonchev–Trinajstić information content (AvgIpc) is 2.37. The van der Waals surface area contributed by atoms with Gasteiger partial charge in [-0.1, -0.05) is 0 Å². The van der Waals surface area contributed by atoms with Gasteiger partial charge in [0.15, 0.2) is 0 Å². The highest BCUT2D eigenvalue weighted by atomic mass is 32.2. The maximum absolute atomic E-state index is 12.5. The lowest BCUT2D eigenvalue weighted by Crippen LogP contribution is -2.38. The Hall–Kier alpha value is -1.71. The van der Waals surface area contributed by atoms with Gasteiger partial charge in [0.2, 0.25) is 10.0 Å². The molecule has 0 aliphatic rings. The van der Waals surface area contributed by atoms with Crippen molar-refractivity contribution in [1.82, 2.24) is 4.31 Å². The fraction of sp³-hybridized carbons (Fsp3) is 0.500. The lowest BCUT2D eigenvalue weighted by Gasteiger charge is -2.25. The molecular formula is C12H19N3O5S. The molecule has 9 heteroatoms. The molecule has 0 aliphatic carbocycles. The van der Waals surface area contributed by atoms with E-state index in [0.717, 1.165) is 18.2 Å². The molecular weight excluding hydrogens is 298 g/mol. The van der Waals surface area contributed by atoms with Crippen molar-refractivity contribution in [3.05, 3.63) is 28.3 Å². The first-order valence-corrected chi connectivity index (χ1v) is 7.82. The lowest BCUT2D eigenvalue weighted by molar-refractivity contribution is -0.383. The first-order valence-electron chi connectivity index (χ1n) is 6.38. The van der Waals surface area contributed by atoms with Gasteiger partial charge in [0.25, 0.3) is 5.69 Å². The molecule has 0 unspecified atom stereocenters. The summed E-state index contributed by atoms with van der Waals surface area (Å²) >= 11 is 0. The highest BCUT2D eigenvalue weighted by molar-refractivity contribution is 7.89. The van der Waals surface area contributed by atoms with E-state index in [0.29, 0.717) is 6.42 Å². The number of rotatable bonds is 7. The fourth-order valence-corrected chi connectivity index (χ4v) is 3.59. The van der Waals surface area contributed by atoms with Crippen molar-refractivity contribution in [2.75, 3.05) is 18.9 Å². The van der Waals surface area contributed by atoms with E-state index in [1.807, 2.05) is 0 Å². The number of anilines is 1. The van der Waals surface area contributed by atoms with Crippen LogP contribution >= 0.6 is 0 Å². The third kappa shape index (κ3) is 3.90. The van der Waals surface area contributed by atoms with Crippen LogP contribution in [0.3, 0.4) is 0 Å². The number of aliphatic hydroxyl groups excluding tert-OH is 1. The zero-order valence-corrected chi connectivity index (χ0v) is 12.7. The molecule has 0 saturated heterocycles. The Labute approximate surface area is 123 Å². The third-order valence-electron chi connectivity index (χ3n) is 2.91. The normalized spacial score (nSPS) is 12.0. The maximum Gasteiger partial charge on any atom is 0.292 e. The molecule has 1 aromatic carbocycles. The van der Waals surface area contributed by atoms with Crippen molar-refractivity contribution in [2.45, 2.75) is 31.2 Å². The summed E-state index contributed by atoms with van der Waals surface area (Å²) in [4.78, 5) is 9.94. The van der Waals surface area contributed by atoms with E-state index >= 15 is 0 Å². The Balaban J connectivity index is 3.22. The lowest BCUT2D eigenvalue weighted by atomic mass is 10.3. The molecule has 1 aromatic rings. The molecule has 3 N–H and O–H groups in total. The number of sulfonamides is 1. The number of nitrogens with two attached hydrogens (primary N) is 1. The van der Waals surface area contributed by atoms with Crippen LogP contribution in [-0.4, -0.2) is 41.9 Å². The first kappa shape index (κ1) is 17.3. The average molecular weight is 317 g/mol. The minimum atomic E-state index is -3.82. The fourth-order valence-electron chi connectivity index (χ4n) is 1.88. The Morgan fingerprint density at radius 1 is 1.43 bits per heavy atom. The van der Waals surface area contributed by atoms with E-state index in [-0.39, 0.29) is 35.5 Å². The number of nitro benzene ring substituents is 1. The van der Waals surface area contributed by atoms with Crippen LogP contribution in [0.4, 0.5) is 11.4 Å². The van der Waals surface area contributed by atoms with Crippen LogP contribution in [0.5, 0.6) is 0 Å². The summed E-state index contributed by atoms with van der Waals surface area (Å²) in [6.07, 6.45) is 0.305. The Bertz CT molecular complexity index is 615. The van der Waals surface area contributed by atoms with Gasteiger partial charge in [0.1, 0.15) is 5.69 Å². The summed E-state index contributed by atoms with van der Waals surface area (Å²) in [6.45, 7) is 3.46. The predicted molar refractivity (Wildman–Crippen MR) is 78.2 cm³/mol. The standard InChI is InChI=1S/C12H19N3O5S/c1-9(2)14(6-3-7-16)21(19,20)10-4-5-12(15(17)18)11(13)8-10/h4-5,8-9,16H,3,6-7,13H2,1-2H3. The van der Waals surface area contributed by atoms with Crippen LogP contribution in [0.2, 0.25) is 0 Å². The van der Waals surface area contributed by atoms with Gasteiger partial charge in [-0.15, -0.1) is 0 Å². The number of hydrogen-bond donors (Lipinski definition) is 2. The largest absolute Gasteiger partial charge is 0.396 e. The summed E-state index contributed by atoms with van der Waals surface area (Å²) in [5, 5.41) is 19.6. The molecule has 0 aromatic heterocycles. The zero-order chi connectivity index (χ0) is 16.2. The summed E-state index contributed by atoms with van der Waals surface area (Å²) < 4.78 is 26.3. The van der Waals surface area contributed by atoms with Gasteiger partial charge in [-0.25, -0.2) is 8.42 Å². The van der Waals surface area contributed by atoms with Crippen LogP contribution in [-0.2, 0) is 10.0 Å². The van der Waals surface area contributed by atoms with Gasteiger partial charge in [-0.05, 0) is 32.4 Å². The molecule has 1 rings (SSSR count). The summed E-state index contributed by atoms with van der Waals surface area (Å²) in [5.41, 5.74) is 5.00.